The van der Waals surface area contributed by atoms with Crippen LogP contribution in [0.5, 0.6) is 0 Å². The zero-order valence-electron chi connectivity index (χ0n) is 14.0. The van der Waals surface area contributed by atoms with E-state index in [9.17, 15) is 4.79 Å². The predicted octanol–water partition coefficient (Wildman–Crippen LogP) is 3.91. The number of hydrogen-bond acceptors (Lipinski definition) is 2. The zero-order valence-corrected chi connectivity index (χ0v) is 14.8. The van der Waals surface area contributed by atoms with Gasteiger partial charge in [-0.25, -0.2) is 0 Å². The maximum Gasteiger partial charge on any atom is 0.223 e. The molecule has 4 heteroatoms. The average molecular weight is 325 g/mol. The van der Waals surface area contributed by atoms with Crippen molar-refractivity contribution in [1.82, 2.24) is 4.90 Å². The maximum absolute atomic E-state index is 12.6. The molecule has 2 unspecified atom stereocenters. The molecule has 0 radical (unpaired) electrons. The lowest BCUT2D eigenvalue weighted by Gasteiger charge is -2.37. The van der Waals surface area contributed by atoms with Gasteiger partial charge >= 0.3 is 0 Å². The van der Waals surface area contributed by atoms with Gasteiger partial charge in [-0.2, -0.15) is 0 Å². The van der Waals surface area contributed by atoms with E-state index in [0.29, 0.717) is 6.42 Å². The summed E-state index contributed by atoms with van der Waals surface area (Å²) in [6.45, 7) is 7.16. The number of likely N-dealkylation sites (tertiary alicyclic amines) is 1. The summed E-state index contributed by atoms with van der Waals surface area (Å²) in [5.74, 6) is 0.262. The van der Waals surface area contributed by atoms with Crippen LogP contribution in [0.1, 0.15) is 61.8 Å². The van der Waals surface area contributed by atoms with Crippen LogP contribution in [0, 0.1) is 13.8 Å². The van der Waals surface area contributed by atoms with Gasteiger partial charge in [-0.1, -0.05) is 18.2 Å². The zero-order chi connectivity index (χ0) is 15.4. The summed E-state index contributed by atoms with van der Waals surface area (Å²) >= 11 is 0. The van der Waals surface area contributed by atoms with Crippen LogP contribution in [0.4, 0.5) is 0 Å². The third kappa shape index (κ3) is 4.47. The molecule has 0 spiro atoms. The van der Waals surface area contributed by atoms with E-state index in [4.69, 9.17) is 5.73 Å². The Kier molecular flexibility index (Phi) is 7.37. The monoisotopic (exact) mass is 324 g/mol. The molecule has 0 saturated carbocycles. The predicted molar refractivity (Wildman–Crippen MR) is 94.4 cm³/mol. The highest BCUT2D eigenvalue weighted by molar-refractivity contribution is 5.85. The molecule has 1 fully saturated rings. The molecule has 3 nitrogen and oxygen atoms in total. The number of piperidine rings is 1. The van der Waals surface area contributed by atoms with Gasteiger partial charge in [0.2, 0.25) is 5.91 Å². The largest absolute Gasteiger partial charge is 0.336 e. The highest BCUT2D eigenvalue weighted by Gasteiger charge is 2.28. The van der Waals surface area contributed by atoms with Crippen molar-refractivity contribution < 1.29 is 4.79 Å². The first-order chi connectivity index (χ1) is 10.0. The first-order valence-electron chi connectivity index (χ1n) is 8.12. The summed E-state index contributed by atoms with van der Waals surface area (Å²) in [5, 5.41) is 0. The number of hydrogen-bond donors (Lipinski definition) is 1. The summed E-state index contributed by atoms with van der Waals surface area (Å²) in [6.07, 6.45) is 4.74. The minimum absolute atomic E-state index is 0. The number of nitrogens with zero attached hydrogens (tertiary/aromatic N) is 1. The van der Waals surface area contributed by atoms with E-state index in [0.717, 1.165) is 25.8 Å². The van der Waals surface area contributed by atoms with Gasteiger partial charge in [0.1, 0.15) is 0 Å². The highest BCUT2D eigenvalue weighted by atomic mass is 35.5. The van der Waals surface area contributed by atoms with E-state index in [1.165, 1.54) is 23.1 Å². The molecule has 1 aromatic carbocycles. The van der Waals surface area contributed by atoms with E-state index >= 15 is 0 Å². The first kappa shape index (κ1) is 19.0. The van der Waals surface area contributed by atoms with Gasteiger partial charge in [0.05, 0.1) is 6.04 Å². The molecule has 0 aliphatic carbocycles. The minimum atomic E-state index is 0. The van der Waals surface area contributed by atoms with Crippen molar-refractivity contribution in [1.29, 1.82) is 0 Å². The standard InChI is InChI=1S/C18H28N2O.ClH/c1-13-7-6-8-16(15(13)3)17-9-4-5-12-20(17)18(21)11-10-14(2)19;/h6-8,14,17H,4-5,9-12,19H2,1-3H3;1H. The molecule has 1 saturated heterocycles. The first-order valence-corrected chi connectivity index (χ1v) is 8.12. The average Bonchev–Trinajstić information content (AvgIpc) is 2.47. The third-order valence-electron chi connectivity index (χ3n) is 4.64. The van der Waals surface area contributed by atoms with E-state index in [-0.39, 0.29) is 30.4 Å². The fourth-order valence-electron chi connectivity index (χ4n) is 3.18. The molecule has 22 heavy (non-hydrogen) atoms. The van der Waals surface area contributed by atoms with Crippen LogP contribution in [0.15, 0.2) is 18.2 Å². The smallest absolute Gasteiger partial charge is 0.223 e. The van der Waals surface area contributed by atoms with Gasteiger partial charge in [0.25, 0.3) is 0 Å². The molecule has 1 aliphatic rings. The number of amides is 1. The van der Waals surface area contributed by atoms with Crippen molar-refractivity contribution in [2.45, 2.75) is 65.0 Å². The Bertz CT molecular complexity index is 502. The Hall–Kier alpha value is -1.06. The molecule has 2 atom stereocenters. The van der Waals surface area contributed by atoms with Crippen molar-refractivity contribution in [3.05, 3.63) is 34.9 Å². The number of halogens is 1. The number of benzene rings is 1. The normalized spacial score (nSPS) is 19.5. The van der Waals surface area contributed by atoms with E-state index in [2.05, 4.69) is 36.9 Å². The number of rotatable bonds is 4. The molecule has 0 aromatic heterocycles. The molecule has 1 heterocycles. The SMILES string of the molecule is Cc1cccc(C2CCCCN2C(=O)CCC(C)N)c1C.Cl. The minimum Gasteiger partial charge on any atom is -0.336 e. The molecule has 0 bridgehead atoms. The van der Waals surface area contributed by atoms with E-state index < -0.39 is 0 Å². The van der Waals surface area contributed by atoms with Gasteiger partial charge in [0.15, 0.2) is 0 Å². The van der Waals surface area contributed by atoms with Crippen molar-refractivity contribution in [2.24, 2.45) is 5.73 Å². The van der Waals surface area contributed by atoms with Crippen molar-refractivity contribution in [3.8, 4) is 0 Å². The van der Waals surface area contributed by atoms with Crippen LogP contribution >= 0.6 is 12.4 Å². The van der Waals surface area contributed by atoms with Gasteiger partial charge < -0.3 is 10.6 Å². The Morgan fingerprint density at radius 1 is 1.36 bits per heavy atom. The van der Waals surface area contributed by atoms with Crippen molar-refractivity contribution >= 4 is 18.3 Å². The Morgan fingerprint density at radius 3 is 2.77 bits per heavy atom. The number of carbonyl (C=O) groups excluding carboxylic acids is 1. The molecule has 1 aliphatic heterocycles. The summed E-state index contributed by atoms with van der Waals surface area (Å²) in [5.41, 5.74) is 9.75. The van der Waals surface area contributed by atoms with Crippen molar-refractivity contribution in [3.63, 3.8) is 0 Å². The van der Waals surface area contributed by atoms with Gasteiger partial charge in [-0.15, -0.1) is 12.4 Å². The van der Waals surface area contributed by atoms with Gasteiger partial charge in [-0.3, -0.25) is 4.79 Å². The van der Waals surface area contributed by atoms with Crippen LogP contribution < -0.4 is 5.73 Å². The van der Waals surface area contributed by atoms with Crippen LogP contribution in [0.25, 0.3) is 0 Å². The summed E-state index contributed by atoms with van der Waals surface area (Å²) in [7, 11) is 0. The number of aryl methyl sites for hydroxylation is 1. The molecular weight excluding hydrogens is 296 g/mol. The molecule has 1 aromatic rings. The Balaban J connectivity index is 0.00000242. The van der Waals surface area contributed by atoms with Crippen LogP contribution in [0.3, 0.4) is 0 Å². The Labute approximate surface area is 140 Å². The quantitative estimate of drug-likeness (QED) is 0.912. The third-order valence-corrected chi connectivity index (χ3v) is 4.64. The molecule has 2 N–H and O–H groups in total. The molecule has 1 amide bonds. The van der Waals surface area contributed by atoms with Crippen LogP contribution in [-0.2, 0) is 4.79 Å². The lowest BCUT2D eigenvalue weighted by molar-refractivity contribution is -0.135. The lowest BCUT2D eigenvalue weighted by Crippen LogP contribution is -2.39. The van der Waals surface area contributed by atoms with Crippen molar-refractivity contribution in [2.75, 3.05) is 6.54 Å². The Morgan fingerprint density at radius 2 is 2.09 bits per heavy atom. The lowest BCUT2D eigenvalue weighted by atomic mass is 9.90. The van der Waals surface area contributed by atoms with E-state index in [1.807, 2.05) is 6.92 Å². The fourth-order valence-corrected chi connectivity index (χ4v) is 3.18. The molecule has 124 valence electrons. The van der Waals surface area contributed by atoms with Crippen LogP contribution in [0.2, 0.25) is 0 Å². The van der Waals surface area contributed by atoms with Gasteiger partial charge in [0, 0.05) is 19.0 Å². The molecule has 2 rings (SSSR count). The van der Waals surface area contributed by atoms with Gasteiger partial charge in [-0.05, 0) is 63.1 Å². The second kappa shape index (κ2) is 8.54. The number of carbonyl (C=O) groups is 1. The second-order valence-electron chi connectivity index (χ2n) is 6.40. The summed E-state index contributed by atoms with van der Waals surface area (Å²) < 4.78 is 0. The van der Waals surface area contributed by atoms with E-state index in [1.54, 1.807) is 0 Å². The number of nitrogens with two attached hydrogens (primary N) is 1. The van der Waals surface area contributed by atoms with Crippen LogP contribution in [-0.4, -0.2) is 23.4 Å². The second-order valence-corrected chi connectivity index (χ2v) is 6.40. The summed E-state index contributed by atoms with van der Waals surface area (Å²) in [6, 6.07) is 6.78. The molecular formula is C18H29ClN2O. The maximum atomic E-state index is 12.6. The topological polar surface area (TPSA) is 46.3 Å². The summed E-state index contributed by atoms with van der Waals surface area (Å²) in [4.78, 5) is 14.6. The fraction of sp³-hybridized carbons (Fsp3) is 0.611. The highest BCUT2D eigenvalue weighted by Crippen LogP contribution is 2.34.